The van der Waals surface area contributed by atoms with Crippen molar-refractivity contribution in [3.05, 3.63) is 59.9 Å². The van der Waals surface area contributed by atoms with Crippen molar-refractivity contribution in [2.24, 2.45) is 0 Å². The summed E-state index contributed by atoms with van der Waals surface area (Å²) >= 11 is 0. The standard InChI is InChI=1S/C19H22FNO3S/c1-24-17-9-11-18(12-10-17)25(22,23)21-13-4-2-3-8-19(21)15-6-5-7-16(20)14-15/h5-7,9-12,14,19H,2-4,8,13H2,1H3/t19-/m1/s1. The van der Waals surface area contributed by atoms with E-state index in [0.717, 1.165) is 19.3 Å². The van der Waals surface area contributed by atoms with Gasteiger partial charge in [-0.1, -0.05) is 25.0 Å². The van der Waals surface area contributed by atoms with Gasteiger partial charge in [-0.3, -0.25) is 0 Å². The minimum atomic E-state index is -3.67. The molecule has 25 heavy (non-hydrogen) atoms. The lowest BCUT2D eigenvalue weighted by atomic mass is 10.0. The van der Waals surface area contributed by atoms with Gasteiger partial charge >= 0.3 is 0 Å². The van der Waals surface area contributed by atoms with Gasteiger partial charge in [-0.15, -0.1) is 0 Å². The summed E-state index contributed by atoms with van der Waals surface area (Å²) in [4.78, 5) is 0.233. The molecule has 4 nitrogen and oxygen atoms in total. The second-order valence-electron chi connectivity index (χ2n) is 6.21. The molecule has 3 rings (SSSR count). The highest BCUT2D eigenvalue weighted by molar-refractivity contribution is 7.89. The van der Waals surface area contributed by atoms with Gasteiger partial charge in [-0.2, -0.15) is 4.31 Å². The molecule has 134 valence electrons. The van der Waals surface area contributed by atoms with Crippen molar-refractivity contribution in [1.82, 2.24) is 4.31 Å². The van der Waals surface area contributed by atoms with E-state index >= 15 is 0 Å². The summed E-state index contributed by atoms with van der Waals surface area (Å²) in [5.74, 6) is 0.264. The number of nitrogens with zero attached hydrogens (tertiary/aromatic N) is 1. The lowest BCUT2D eigenvalue weighted by Crippen LogP contribution is -2.34. The average molecular weight is 363 g/mol. The van der Waals surface area contributed by atoms with Gasteiger partial charge in [0, 0.05) is 6.54 Å². The predicted molar refractivity (Wildman–Crippen MR) is 94.5 cm³/mol. The molecule has 0 radical (unpaired) electrons. The molecule has 0 spiro atoms. The molecule has 0 N–H and O–H groups in total. The number of benzene rings is 2. The Hall–Kier alpha value is -1.92. The summed E-state index contributed by atoms with van der Waals surface area (Å²) in [6.07, 6.45) is 3.40. The molecule has 0 amide bonds. The number of hydrogen-bond acceptors (Lipinski definition) is 3. The molecule has 1 aliphatic rings. The summed E-state index contributed by atoms with van der Waals surface area (Å²) in [7, 11) is -2.13. The monoisotopic (exact) mass is 363 g/mol. The highest BCUT2D eigenvalue weighted by Gasteiger charge is 2.33. The van der Waals surface area contributed by atoms with Crippen molar-refractivity contribution >= 4 is 10.0 Å². The summed E-state index contributed by atoms with van der Waals surface area (Å²) in [6.45, 7) is 0.440. The van der Waals surface area contributed by atoms with Crippen LogP contribution in [0.4, 0.5) is 4.39 Å². The second-order valence-corrected chi connectivity index (χ2v) is 8.10. The van der Waals surface area contributed by atoms with E-state index in [9.17, 15) is 12.8 Å². The molecule has 0 unspecified atom stereocenters. The Morgan fingerprint density at radius 2 is 1.84 bits per heavy atom. The number of sulfonamides is 1. The first-order chi connectivity index (χ1) is 12.0. The fourth-order valence-electron chi connectivity index (χ4n) is 3.30. The van der Waals surface area contributed by atoms with Crippen LogP contribution in [-0.4, -0.2) is 26.4 Å². The Labute approximate surface area is 148 Å². The molecule has 6 heteroatoms. The molecule has 1 heterocycles. The number of methoxy groups -OCH3 is 1. The molecule has 1 aliphatic heterocycles. The maximum atomic E-state index is 13.7. The molecule has 1 fully saturated rings. The van der Waals surface area contributed by atoms with Crippen molar-refractivity contribution < 1.29 is 17.5 Å². The summed E-state index contributed by atoms with van der Waals surface area (Å²) in [6, 6.07) is 12.3. The Kier molecular flexibility index (Phi) is 5.39. The maximum Gasteiger partial charge on any atom is 0.243 e. The van der Waals surface area contributed by atoms with Crippen LogP contribution < -0.4 is 4.74 Å². The fourth-order valence-corrected chi connectivity index (χ4v) is 4.98. The smallest absolute Gasteiger partial charge is 0.243 e. The minimum absolute atomic E-state index is 0.233. The van der Waals surface area contributed by atoms with Crippen molar-refractivity contribution in [3.63, 3.8) is 0 Å². The van der Waals surface area contributed by atoms with Crippen LogP contribution in [0.25, 0.3) is 0 Å². The zero-order valence-corrected chi connectivity index (χ0v) is 15.0. The Balaban J connectivity index is 1.99. The molecule has 2 aromatic rings. The van der Waals surface area contributed by atoms with Gasteiger partial charge in [-0.25, -0.2) is 12.8 Å². The van der Waals surface area contributed by atoms with Crippen molar-refractivity contribution in [2.45, 2.75) is 36.6 Å². The fraction of sp³-hybridized carbons (Fsp3) is 0.368. The largest absolute Gasteiger partial charge is 0.497 e. The zero-order valence-electron chi connectivity index (χ0n) is 14.2. The number of rotatable bonds is 4. The summed E-state index contributed by atoms with van der Waals surface area (Å²) in [5.41, 5.74) is 0.707. The molecule has 1 saturated heterocycles. The van der Waals surface area contributed by atoms with Crippen molar-refractivity contribution in [2.75, 3.05) is 13.7 Å². The van der Waals surface area contributed by atoms with Crippen LogP contribution in [0.1, 0.15) is 37.3 Å². The Morgan fingerprint density at radius 3 is 2.52 bits per heavy atom. The van der Waals surface area contributed by atoms with Crippen LogP contribution in [0.3, 0.4) is 0 Å². The zero-order chi connectivity index (χ0) is 17.9. The minimum Gasteiger partial charge on any atom is -0.497 e. The van der Waals surface area contributed by atoms with Gasteiger partial charge in [0.05, 0.1) is 18.0 Å². The van der Waals surface area contributed by atoms with Crippen LogP contribution in [-0.2, 0) is 10.0 Å². The lowest BCUT2D eigenvalue weighted by Gasteiger charge is -2.29. The predicted octanol–water partition coefficient (Wildman–Crippen LogP) is 4.14. The third-order valence-corrected chi connectivity index (χ3v) is 6.53. The molecule has 2 aromatic carbocycles. The van der Waals surface area contributed by atoms with Gasteiger partial charge in [0.1, 0.15) is 11.6 Å². The van der Waals surface area contributed by atoms with E-state index < -0.39 is 10.0 Å². The normalized spacial score (nSPS) is 19.4. The third kappa shape index (κ3) is 3.85. The maximum absolute atomic E-state index is 13.7. The van der Waals surface area contributed by atoms with E-state index in [2.05, 4.69) is 0 Å². The van der Waals surface area contributed by atoms with Gasteiger partial charge in [0.2, 0.25) is 10.0 Å². The van der Waals surface area contributed by atoms with Gasteiger partial charge in [0.25, 0.3) is 0 Å². The quantitative estimate of drug-likeness (QED) is 0.820. The third-order valence-electron chi connectivity index (χ3n) is 4.60. The molecular formula is C19H22FNO3S. The Bertz CT molecular complexity index is 821. The van der Waals surface area contributed by atoms with E-state index in [4.69, 9.17) is 4.74 Å². The van der Waals surface area contributed by atoms with Gasteiger partial charge in [-0.05, 0) is 54.8 Å². The average Bonchev–Trinajstić information content (AvgIpc) is 2.88. The number of ether oxygens (including phenoxy) is 1. The van der Waals surface area contributed by atoms with Crippen LogP contribution >= 0.6 is 0 Å². The van der Waals surface area contributed by atoms with Gasteiger partial charge in [0.15, 0.2) is 0 Å². The molecule has 0 bridgehead atoms. The molecule has 0 saturated carbocycles. The number of hydrogen-bond donors (Lipinski definition) is 0. The van der Waals surface area contributed by atoms with E-state index in [-0.39, 0.29) is 16.8 Å². The van der Waals surface area contributed by atoms with Gasteiger partial charge < -0.3 is 4.74 Å². The van der Waals surface area contributed by atoms with Crippen LogP contribution in [0.15, 0.2) is 53.4 Å². The van der Waals surface area contributed by atoms with Crippen LogP contribution in [0.5, 0.6) is 5.75 Å². The molecule has 0 aliphatic carbocycles. The molecular weight excluding hydrogens is 341 g/mol. The van der Waals surface area contributed by atoms with E-state index in [0.29, 0.717) is 24.3 Å². The molecule has 0 aromatic heterocycles. The summed E-state index contributed by atoms with van der Waals surface area (Å²) < 4.78 is 46.7. The molecule has 1 atom stereocenters. The van der Waals surface area contributed by atoms with Crippen molar-refractivity contribution in [1.29, 1.82) is 0 Å². The second kappa shape index (κ2) is 7.54. The van der Waals surface area contributed by atoms with E-state index in [1.165, 1.54) is 23.5 Å². The first kappa shape index (κ1) is 17.9. The highest BCUT2D eigenvalue weighted by atomic mass is 32.2. The lowest BCUT2D eigenvalue weighted by molar-refractivity contribution is 0.328. The first-order valence-electron chi connectivity index (χ1n) is 8.44. The Morgan fingerprint density at radius 1 is 1.08 bits per heavy atom. The van der Waals surface area contributed by atoms with E-state index in [1.807, 2.05) is 0 Å². The first-order valence-corrected chi connectivity index (χ1v) is 9.88. The highest BCUT2D eigenvalue weighted by Crippen LogP contribution is 2.35. The SMILES string of the molecule is COc1ccc(S(=O)(=O)N2CCCCC[C@@H]2c2cccc(F)c2)cc1. The number of halogens is 1. The van der Waals surface area contributed by atoms with E-state index in [1.54, 1.807) is 36.4 Å². The summed E-state index contributed by atoms with van der Waals surface area (Å²) in [5, 5.41) is 0. The van der Waals surface area contributed by atoms with Crippen molar-refractivity contribution in [3.8, 4) is 5.75 Å². The topological polar surface area (TPSA) is 46.6 Å². The van der Waals surface area contributed by atoms with Crippen LogP contribution in [0, 0.1) is 5.82 Å². The van der Waals surface area contributed by atoms with Crippen LogP contribution in [0.2, 0.25) is 0 Å².